The minimum atomic E-state index is -4.52. The van der Waals surface area contributed by atoms with Crippen LogP contribution in [0.5, 0.6) is 0 Å². The van der Waals surface area contributed by atoms with E-state index in [0.717, 1.165) is 60.4 Å². The van der Waals surface area contributed by atoms with E-state index in [0.29, 0.717) is 17.7 Å². The van der Waals surface area contributed by atoms with Gasteiger partial charge in [0.2, 0.25) is 0 Å². The van der Waals surface area contributed by atoms with Crippen LogP contribution in [-0.2, 0) is 18.8 Å². The van der Waals surface area contributed by atoms with E-state index in [9.17, 15) is 31.1 Å². The second-order valence-electron chi connectivity index (χ2n) is 9.06. The summed E-state index contributed by atoms with van der Waals surface area (Å²) in [7, 11) is 0. The van der Waals surface area contributed by atoms with E-state index in [1.807, 2.05) is 24.3 Å². The topological polar surface area (TPSA) is 44.7 Å². The van der Waals surface area contributed by atoms with Gasteiger partial charge in [-0.05, 0) is 66.8 Å². The Bertz CT molecular complexity index is 1330. The number of nitrogens with one attached hydrogen (secondary N) is 1. The third-order valence-corrected chi connectivity index (χ3v) is 6.72. The van der Waals surface area contributed by atoms with E-state index in [1.54, 1.807) is 0 Å². The first-order valence-corrected chi connectivity index (χ1v) is 11.6. The zero-order valence-corrected chi connectivity index (χ0v) is 19.3. The van der Waals surface area contributed by atoms with E-state index in [2.05, 4.69) is 10.4 Å². The van der Waals surface area contributed by atoms with Gasteiger partial charge < -0.3 is 5.32 Å². The summed E-state index contributed by atoms with van der Waals surface area (Å²) in [4.78, 5) is 13.4. The number of aryl methyl sites for hydroxylation is 1. The average Bonchev–Trinajstić information content (AvgIpc) is 3.13. The van der Waals surface area contributed by atoms with Crippen molar-refractivity contribution < 1.29 is 31.1 Å². The van der Waals surface area contributed by atoms with Gasteiger partial charge in [0.15, 0.2) is 0 Å². The number of hydrazone groups is 1. The highest BCUT2D eigenvalue weighted by molar-refractivity contribution is 6.07. The lowest BCUT2D eigenvalue weighted by Crippen LogP contribution is -2.34. The van der Waals surface area contributed by atoms with Gasteiger partial charge >= 0.3 is 18.4 Å². The minimum Gasteiger partial charge on any atom is -0.306 e. The van der Waals surface area contributed by atoms with Crippen LogP contribution in [0.4, 0.5) is 36.8 Å². The second kappa shape index (κ2) is 9.24. The van der Waals surface area contributed by atoms with Gasteiger partial charge in [-0.2, -0.15) is 31.4 Å². The van der Waals surface area contributed by atoms with E-state index in [-0.39, 0.29) is 11.6 Å². The molecule has 10 heteroatoms. The van der Waals surface area contributed by atoms with E-state index in [1.165, 1.54) is 17.1 Å². The Balaban J connectivity index is 1.51. The molecule has 1 aliphatic heterocycles. The minimum absolute atomic E-state index is 0.136. The first-order valence-electron chi connectivity index (χ1n) is 11.6. The predicted octanol–water partition coefficient (Wildman–Crippen LogP) is 7.67. The number of nitrogens with zero attached hydrogens (tertiary/aromatic N) is 2. The highest BCUT2D eigenvalue weighted by Crippen LogP contribution is 2.43. The molecule has 0 radical (unpaired) electrons. The molecule has 0 spiro atoms. The number of halogens is 6. The third kappa shape index (κ3) is 4.92. The number of fused-ring (bicyclic) bond motifs is 3. The maximum atomic E-state index is 13.4. The van der Waals surface area contributed by atoms with Crippen LogP contribution in [0.15, 0.2) is 77.9 Å². The van der Waals surface area contributed by atoms with Gasteiger partial charge in [-0.3, -0.25) is 0 Å². The Morgan fingerprint density at radius 2 is 1.43 bits per heavy atom. The number of benzene rings is 3. The van der Waals surface area contributed by atoms with Crippen LogP contribution in [0, 0.1) is 5.92 Å². The lowest BCUT2D eigenvalue weighted by molar-refractivity contribution is -0.138. The first kappa shape index (κ1) is 24.9. The Labute approximate surface area is 208 Å². The molecule has 2 atom stereocenters. The molecule has 1 heterocycles. The van der Waals surface area contributed by atoms with Crippen LogP contribution in [0.25, 0.3) is 0 Å². The van der Waals surface area contributed by atoms with E-state index >= 15 is 0 Å². The van der Waals surface area contributed by atoms with Crippen LogP contribution >= 0.6 is 0 Å². The molecule has 0 bridgehead atoms. The number of anilines is 1. The van der Waals surface area contributed by atoms with Crippen LogP contribution in [0.2, 0.25) is 0 Å². The number of amides is 2. The SMILES string of the molecule is O=C(Nc1ccc(C(F)(F)F)cc1)N1N=C2c3ccccc3CCC[C@H]2[C@H]1c1ccc(C(F)(F)F)cc1. The molecule has 2 amide bonds. The number of carbonyl (C=O) groups excluding carboxylic acids is 1. The molecule has 0 fully saturated rings. The largest absolute Gasteiger partial charge is 0.416 e. The summed E-state index contributed by atoms with van der Waals surface area (Å²) >= 11 is 0. The summed E-state index contributed by atoms with van der Waals surface area (Å²) in [5.74, 6) is -0.265. The molecule has 192 valence electrons. The van der Waals surface area contributed by atoms with Gasteiger partial charge in [0.05, 0.1) is 22.9 Å². The molecule has 0 saturated carbocycles. The fraction of sp³-hybridized carbons (Fsp3) is 0.259. The smallest absolute Gasteiger partial charge is 0.306 e. The second-order valence-corrected chi connectivity index (χ2v) is 9.06. The van der Waals surface area contributed by atoms with Crippen molar-refractivity contribution >= 4 is 17.4 Å². The van der Waals surface area contributed by atoms with Crippen LogP contribution in [0.3, 0.4) is 0 Å². The van der Waals surface area contributed by atoms with Gasteiger partial charge in [0.1, 0.15) is 0 Å². The zero-order valence-electron chi connectivity index (χ0n) is 19.3. The molecule has 2 aliphatic rings. The average molecular weight is 517 g/mol. The molecule has 3 aromatic carbocycles. The lowest BCUT2D eigenvalue weighted by atomic mass is 9.85. The number of hydrogen-bond acceptors (Lipinski definition) is 2. The van der Waals surface area contributed by atoms with Crippen molar-refractivity contribution in [2.45, 2.75) is 37.7 Å². The molecule has 1 N–H and O–H groups in total. The molecule has 0 aromatic heterocycles. The maximum absolute atomic E-state index is 13.4. The normalized spacial score (nSPS) is 19.5. The summed E-state index contributed by atoms with van der Waals surface area (Å²) < 4.78 is 78.2. The van der Waals surface area contributed by atoms with Crippen LogP contribution in [-0.4, -0.2) is 16.8 Å². The fourth-order valence-corrected chi connectivity index (χ4v) is 4.96. The fourth-order valence-electron chi connectivity index (χ4n) is 4.96. The summed E-state index contributed by atoms with van der Waals surface area (Å²) in [6.07, 6.45) is -6.76. The van der Waals surface area contributed by atoms with Crippen molar-refractivity contribution in [3.63, 3.8) is 0 Å². The summed E-state index contributed by atoms with van der Waals surface area (Å²) in [6.45, 7) is 0. The maximum Gasteiger partial charge on any atom is 0.416 e. The van der Waals surface area contributed by atoms with Crippen molar-refractivity contribution in [1.82, 2.24) is 5.01 Å². The molecule has 0 unspecified atom stereocenters. The van der Waals surface area contributed by atoms with Crippen molar-refractivity contribution in [2.75, 3.05) is 5.32 Å². The van der Waals surface area contributed by atoms with E-state index < -0.39 is 35.6 Å². The number of hydrogen-bond donors (Lipinski definition) is 1. The van der Waals surface area contributed by atoms with E-state index in [4.69, 9.17) is 0 Å². The van der Waals surface area contributed by atoms with Gasteiger partial charge in [-0.1, -0.05) is 36.4 Å². The van der Waals surface area contributed by atoms with Gasteiger partial charge in [0.25, 0.3) is 0 Å². The number of alkyl halides is 6. The van der Waals surface area contributed by atoms with Gasteiger partial charge in [0, 0.05) is 17.2 Å². The van der Waals surface area contributed by atoms with Crippen LogP contribution in [0.1, 0.15) is 46.7 Å². The quantitative estimate of drug-likeness (QED) is 0.349. The standard InChI is InChI=1S/C27H21F6N3O/c28-26(29,30)18-10-8-17(9-11-18)24-22-7-3-5-16-4-1-2-6-21(16)23(22)35-36(24)25(37)34-20-14-12-19(13-15-20)27(31,32)33/h1-2,4,6,8-15,22,24H,3,5,7H2,(H,34,37)/t22-,24-/m1/s1. The van der Waals surface area contributed by atoms with Gasteiger partial charge in [-0.15, -0.1) is 0 Å². The molecular weight excluding hydrogens is 496 g/mol. The molecule has 1 aliphatic carbocycles. The van der Waals surface area contributed by atoms with Crippen LogP contribution < -0.4 is 5.32 Å². The molecule has 37 heavy (non-hydrogen) atoms. The Morgan fingerprint density at radius 1 is 0.838 bits per heavy atom. The summed E-state index contributed by atoms with van der Waals surface area (Å²) in [5.41, 5.74) is 1.58. The Kier molecular flexibility index (Phi) is 6.21. The van der Waals surface area contributed by atoms with Crippen molar-refractivity contribution in [2.24, 2.45) is 11.0 Å². The highest BCUT2D eigenvalue weighted by Gasteiger charge is 2.43. The monoisotopic (exact) mass is 517 g/mol. The molecule has 4 nitrogen and oxygen atoms in total. The summed E-state index contributed by atoms with van der Waals surface area (Å²) in [6, 6.07) is 15.0. The molecule has 3 aromatic rings. The predicted molar refractivity (Wildman–Crippen MR) is 126 cm³/mol. The van der Waals surface area contributed by atoms with Crippen molar-refractivity contribution in [1.29, 1.82) is 0 Å². The Hall–Kier alpha value is -3.82. The molecule has 0 saturated heterocycles. The number of urea groups is 1. The zero-order chi connectivity index (χ0) is 26.4. The molecule has 5 rings (SSSR count). The van der Waals surface area contributed by atoms with Crippen molar-refractivity contribution in [3.8, 4) is 0 Å². The Morgan fingerprint density at radius 3 is 2.05 bits per heavy atom. The van der Waals surface area contributed by atoms with Crippen molar-refractivity contribution in [3.05, 3.63) is 101 Å². The third-order valence-electron chi connectivity index (χ3n) is 6.72. The molecular formula is C27H21F6N3O. The van der Waals surface area contributed by atoms with Gasteiger partial charge in [-0.25, -0.2) is 9.80 Å². The number of carbonyl (C=O) groups is 1. The summed E-state index contributed by atoms with van der Waals surface area (Å²) in [5, 5.41) is 8.41. The number of rotatable bonds is 2. The first-order chi connectivity index (χ1) is 17.5. The lowest BCUT2D eigenvalue weighted by Gasteiger charge is -2.27. The highest BCUT2D eigenvalue weighted by atomic mass is 19.4.